The molecule has 4 saturated carbocycles. The van der Waals surface area contributed by atoms with Crippen LogP contribution in [0.25, 0.3) is 0 Å². The molecule has 4 nitrogen and oxygen atoms in total. The first kappa shape index (κ1) is 17.1. The molecular formula is C19H32ClN3O. The van der Waals surface area contributed by atoms with Crippen molar-refractivity contribution in [3.63, 3.8) is 0 Å². The zero-order valence-electron chi connectivity index (χ0n) is 14.7. The standard InChI is InChI=1S/C19H31N3O.ClH/c23-19(18-15-8-13-7-14(10-15)11-16(18)9-13)22-5-3-21(4-6-22)17-1-2-20-12-17;/h13-18,20H,1-12H2;1H. The summed E-state index contributed by atoms with van der Waals surface area (Å²) >= 11 is 0. The molecule has 1 N–H and O–H groups in total. The zero-order valence-corrected chi connectivity index (χ0v) is 15.5. The summed E-state index contributed by atoms with van der Waals surface area (Å²) in [5.74, 6) is 4.32. The molecule has 0 radical (unpaired) electrons. The van der Waals surface area contributed by atoms with Crippen LogP contribution in [0, 0.1) is 29.6 Å². The predicted molar refractivity (Wildman–Crippen MR) is 97.2 cm³/mol. The Morgan fingerprint density at radius 1 is 0.875 bits per heavy atom. The SMILES string of the molecule is Cl.O=C(C1C2CC3CC(C2)CC1C3)N1CCN(C2CCNC2)CC1. The van der Waals surface area contributed by atoms with Crippen LogP contribution in [0.4, 0.5) is 0 Å². The van der Waals surface area contributed by atoms with E-state index in [9.17, 15) is 4.79 Å². The number of halogens is 1. The topological polar surface area (TPSA) is 35.6 Å². The number of hydrogen-bond donors (Lipinski definition) is 1. The highest BCUT2D eigenvalue weighted by Crippen LogP contribution is 2.56. The van der Waals surface area contributed by atoms with E-state index >= 15 is 0 Å². The molecule has 2 heterocycles. The Bertz CT molecular complexity index is 443. The molecule has 0 spiro atoms. The Balaban J connectivity index is 0.00000146. The predicted octanol–water partition coefficient (Wildman–Crippen LogP) is 1.99. The summed E-state index contributed by atoms with van der Waals surface area (Å²) in [5.41, 5.74) is 0. The molecule has 2 saturated heterocycles. The molecule has 5 heteroatoms. The van der Waals surface area contributed by atoms with Crippen molar-refractivity contribution in [2.75, 3.05) is 39.3 Å². The number of carbonyl (C=O) groups is 1. The number of rotatable bonds is 2. The Kier molecular flexibility index (Phi) is 4.83. The maximum absolute atomic E-state index is 13.2. The molecule has 4 bridgehead atoms. The summed E-state index contributed by atoms with van der Waals surface area (Å²) in [6, 6.07) is 0.716. The molecule has 24 heavy (non-hydrogen) atoms. The van der Waals surface area contributed by atoms with Gasteiger partial charge in [-0.2, -0.15) is 0 Å². The minimum atomic E-state index is 0. The van der Waals surface area contributed by atoms with Crippen molar-refractivity contribution in [3.8, 4) is 0 Å². The van der Waals surface area contributed by atoms with Crippen LogP contribution in [0.15, 0.2) is 0 Å². The molecule has 2 aliphatic heterocycles. The third-order valence-electron chi connectivity index (χ3n) is 7.69. The van der Waals surface area contributed by atoms with Gasteiger partial charge in [0.05, 0.1) is 0 Å². The van der Waals surface area contributed by atoms with Crippen LogP contribution in [0.1, 0.15) is 38.5 Å². The minimum Gasteiger partial charge on any atom is -0.340 e. The molecular weight excluding hydrogens is 322 g/mol. The Labute approximate surface area is 152 Å². The first-order valence-electron chi connectivity index (χ1n) is 10.0. The van der Waals surface area contributed by atoms with E-state index in [0.717, 1.165) is 62.9 Å². The van der Waals surface area contributed by atoms with Crippen molar-refractivity contribution in [2.45, 2.75) is 44.6 Å². The van der Waals surface area contributed by atoms with Crippen molar-refractivity contribution in [3.05, 3.63) is 0 Å². The van der Waals surface area contributed by atoms with E-state index in [1.807, 2.05) is 0 Å². The van der Waals surface area contributed by atoms with E-state index in [4.69, 9.17) is 0 Å². The Morgan fingerprint density at radius 2 is 1.50 bits per heavy atom. The van der Waals surface area contributed by atoms with E-state index in [-0.39, 0.29) is 12.4 Å². The minimum absolute atomic E-state index is 0. The Morgan fingerprint density at radius 3 is 2.04 bits per heavy atom. The summed E-state index contributed by atoms with van der Waals surface area (Å²) in [4.78, 5) is 18.1. The molecule has 4 aliphatic carbocycles. The molecule has 0 aromatic carbocycles. The quantitative estimate of drug-likeness (QED) is 0.824. The molecule has 0 aromatic rings. The highest BCUT2D eigenvalue weighted by molar-refractivity contribution is 5.85. The average molecular weight is 354 g/mol. The second-order valence-corrected chi connectivity index (χ2v) is 8.96. The third-order valence-corrected chi connectivity index (χ3v) is 7.69. The van der Waals surface area contributed by atoms with Gasteiger partial charge in [-0.05, 0) is 68.7 Å². The van der Waals surface area contributed by atoms with Gasteiger partial charge in [-0.15, -0.1) is 12.4 Å². The zero-order chi connectivity index (χ0) is 15.4. The molecule has 6 rings (SSSR count). The lowest BCUT2D eigenvalue weighted by molar-refractivity contribution is -0.151. The molecule has 6 fully saturated rings. The highest BCUT2D eigenvalue weighted by atomic mass is 35.5. The van der Waals surface area contributed by atoms with Crippen LogP contribution in [-0.4, -0.2) is 61.0 Å². The number of hydrogen-bond acceptors (Lipinski definition) is 3. The van der Waals surface area contributed by atoms with Crippen LogP contribution >= 0.6 is 12.4 Å². The number of carbonyl (C=O) groups excluding carboxylic acids is 1. The monoisotopic (exact) mass is 353 g/mol. The van der Waals surface area contributed by atoms with Crippen LogP contribution in [0.3, 0.4) is 0 Å². The van der Waals surface area contributed by atoms with E-state index < -0.39 is 0 Å². The maximum Gasteiger partial charge on any atom is 0.226 e. The van der Waals surface area contributed by atoms with Gasteiger partial charge >= 0.3 is 0 Å². The average Bonchev–Trinajstić information content (AvgIpc) is 3.08. The lowest BCUT2D eigenvalue weighted by Gasteiger charge is -2.54. The van der Waals surface area contributed by atoms with Gasteiger partial charge in [-0.25, -0.2) is 0 Å². The first-order valence-corrected chi connectivity index (χ1v) is 10.0. The molecule has 0 aromatic heterocycles. The van der Waals surface area contributed by atoms with Crippen molar-refractivity contribution in [2.24, 2.45) is 29.6 Å². The van der Waals surface area contributed by atoms with Gasteiger partial charge < -0.3 is 10.2 Å². The van der Waals surface area contributed by atoms with Crippen molar-refractivity contribution in [1.29, 1.82) is 0 Å². The van der Waals surface area contributed by atoms with Gasteiger partial charge in [0.2, 0.25) is 5.91 Å². The van der Waals surface area contributed by atoms with E-state index in [0.29, 0.717) is 17.9 Å². The fraction of sp³-hybridized carbons (Fsp3) is 0.947. The molecule has 136 valence electrons. The lowest BCUT2D eigenvalue weighted by Crippen LogP contribution is -2.57. The van der Waals surface area contributed by atoms with Gasteiger partial charge in [-0.3, -0.25) is 9.69 Å². The summed E-state index contributed by atoms with van der Waals surface area (Å²) in [6.45, 7) is 6.42. The van der Waals surface area contributed by atoms with Crippen molar-refractivity contribution < 1.29 is 4.79 Å². The second-order valence-electron chi connectivity index (χ2n) is 8.96. The number of piperazine rings is 1. The molecule has 1 amide bonds. The second kappa shape index (κ2) is 6.77. The Hall–Kier alpha value is -0.320. The normalized spacial score (nSPS) is 44.6. The van der Waals surface area contributed by atoms with Gasteiger partial charge in [0.25, 0.3) is 0 Å². The van der Waals surface area contributed by atoms with Gasteiger partial charge in [0.15, 0.2) is 0 Å². The third kappa shape index (κ3) is 2.89. The fourth-order valence-electron chi connectivity index (χ4n) is 6.80. The van der Waals surface area contributed by atoms with Crippen molar-refractivity contribution in [1.82, 2.24) is 15.1 Å². The number of amides is 1. The number of nitrogens with one attached hydrogen (secondary N) is 1. The van der Waals surface area contributed by atoms with E-state index in [2.05, 4.69) is 15.1 Å². The smallest absolute Gasteiger partial charge is 0.226 e. The van der Waals surface area contributed by atoms with E-state index in [1.165, 1.54) is 38.5 Å². The van der Waals surface area contributed by atoms with E-state index in [1.54, 1.807) is 0 Å². The molecule has 6 aliphatic rings. The summed E-state index contributed by atoms with van der Waals surface area (Å²) in [6.07, 6.45) is 8.19. The van der Waals surface area contributed by atoms with Crippen LogP contribution in [0.2, 0.25) is 0 Å². The van der Waals surface area contributed by atoms with Crippen LogP contribution < -0.4 is 5.32 Å². The maximum atomic E-state index is 13.2. The van der Waals surface area contributed by atoms with Gasteiger partial charge in [0.1, 0.15) is 0 Å². The van der Waals surface area contributed by atoms with Crippen molar-refractivity contribution >= 4 is 18.3 Å². The van der Waals surface area contributed by atoms with Crippen LogP contribution in [0.5, 0.6) is 0 Å². The lowest BCUT2D eigenvalue weighted by atomic mass is 9.51. The molecule has 1 unspecified atom stereocenters. The summed E-state index contributed by atoms with van der Waals surface area (Å²) in [7, 11) is 0. The van der Waals surface area contributed by atoms with Crippen LogP contribution in [-0.2, 0) is 4.79 Å². The fourth-order valence-corrected chi connectivity index (χ4v) is 6.80. The summed E-state index contributed by atoms with van der Waals surface area (Å²) < 4.78 is 0. The first-order chi connectivity index (χ1) is 11.3. The molecule has 1 atom stereocenters. The van der Waals surface area contributed by atoms with Gasteiger partial charge in [-0.1, -0.05) is 0 Å². The highest BCUT2D eigenvalue weighted by Gasteiger charge is 2.51. The number of nitrogens with zero attached hydrogens (tertiary/aromatic N) is 2. The summed E-state index contributed by atoms with van der Waals surface area (Å²) in [5, 5.41) is 3.47. The largest absolute Gasteiger partial charge is 0.340 e. The van der Waals surface area contributed by atoms with Gasteiger partial charge in [0, 0.05) is 44.7 Å².